The lowest BCUT2D eigenvalue weighted by atomic mass is 10.3. The first-order valence-corrected chi connectivity index (χ1v) is 5.19. The molecule has 3 N–H and O–H groups in total. The van der Waals surface area contributed by atoms with Gasteiger partial charge in [-0.3, -0.25) is 4.79 Å². The minimum atomic E-state index is 0.0325. The van der Waals surface area contributed by atoms with E-state index < -0.39 is 0 Å². The zero-order chi connectivity index (χ0) is 11.0. The van der Waals surface area contributed by atoms with Gasteiger partial charge in [0.05, 0.1) is 13.2 Å². The maximum Gasteiger partial charge on any atom is 0.222 e. The van der Waals surface area contributed by atoms with Crippen molar-refractivity contribution in [1.82, 2.24) is 5.32 Å². The average Bonchev–Trinajstić information content (AvgIpc) is 2.10. The highest BCUT2D eigenvalue weighted by Crippen LogP contribution is 1.90. The quantitative estimate of drug-likeness (QED) is 0.596. The lowest BCUT2D eigenvalue weighted by Gasteiger charge is -2.10. The summed E-state index contributed by atoms with van der Waals surface area (Å²) in [6.45, 7) is 6.87. The fourth-order valence-electron chi connectivity index (χ4n) is 0.912. The average molecular weight is 202 g/mol. The second kappa shape index (κ2) is 7.76. The Morgan fingerprint density at radius 3 is 2.64 bits per heavy atom. The zero-order valence-electron chi connectivity index (χ0n) is 9.38. The molecule has 0 aromatic heterocycles. The van der Waals surface area contributed by atoms with Crippen LogP contribution < -0.4 is 11.1 Å². The van der Waals surface area contributed by atoms with Crippen LogP contribution in [-0.4, -0.2) is 31.2 Å². The molecule has 1 amide bonds. The van der Waals surface area contributed by atoms with Gasteiger partial charge in [0.25, 0.3) is 0 Å². The van der Waals surface area contributed by atoms with Crippen molar-refractivity contribution in [1.29, 1.82) is 0 Å². The predicted octanol–water partition coefficient (Wildman–Crippen LogP) is 0.655. The van der Waals surface area contributed by atoms with Crippen molar-refractivity contribution in [3.05, 3.63) is 0 Å². The molecule has 0 saturated heterocycles. The number of hydrogen-bond donors (Lipinski definition) is 2. The number of rotatable bonds is 7. The van der Waals surface area contributed by atoms with Gasteiger partial charge < -0.3 is 15.8 Å². The van der Waals surface area contributed by atoms with Gasteiger partial charge in [0.1, 0.15) is 0 Å². The van der Waals surface area contributed by atoms with E-state index in [2.05, 4.69) is 5.32 Å². The Morgan fingerprint density at radius 1 is 1.50 bits per heavy atom. The molecule has 0 aromatic carbocycles. The normalized spacial score (nSPS) is 12.9. The molecule has 4 nitrogen and oxygen atoms in total. The molecular weight excluding hydrogens is 180 g/mol. The smallest absolute Gasteiger partial charge is 0.222 e. The highest BCUT2D eigenvalue weighted by atomic mass is 16.5. The fraction of sp³-hybridized carbons (Fsp3) is 0.900. The van der Waals surface area contributed by atoms with Crippen molar-refractivity contribution in [2.24, 2.45) is 5.73 Å². The van der Waals surface area contributed by atoms with E-state index in [1.165, 1.54) is 0 Å². The summed E-state index contributed by atoms with van der Waals surface area (Å²) in [5.41, 5.74) is 5.65. The molecule has 0 rings (SSSR count). The van der Waals surface area contributed by atoms with E-state index in [0.717, 1.165) is 6.42 Å². The summed E-state index contributed by atoms with van der Waals surface area (Å²) in [7, 11) is 0. The van der Waals surface area contributed by atoms with Gasteiger partial charge in [0.2, 0.25) is 5.91 Å². The Hall–Kier alpha value is -0.610. The molecule has 0 spiro atoms. The van der Waals surface area contributed by atoms with Crippen LogP contribution in [0.2, 0.25) is 0 Å². The molecule has 0 bridgehead atoms. The van der Waals surface area contributed by atoms with Gasteiger partial charge in [0.15, 0.2) is 0 Å². The summed E-state index contributed by atoms with van der Waals surface area (Å²) in [6, 6.07) is 0.281. The first kappa shape index (κ1) is 13.4. The van der Waals surface area contributed by atoms with Gasteiger partial charge in [-0.2, -0.15) is 0 Å². The van der Waals surface area contributed by atoms with Crippen LogP contribution in [0.15, 0.2) is 0 Å². The van der Waals surface area contributed by atoms with Crippen LogP contribution in [0.4, 0.5) is 0 Å². The van der Waals surface area contributed by atoms with Crippen LogP contribution in [0, 0.1) is 0 Å². The lowest BCUT2D eigenvalue weighted by molar-refractivity contribution is -0.122. The Bertz CT molecular complexity index is 160. The summed E-state index contributed by atoms with van der Waals surface area (Å²) < 4.78 is 5.25. The third-order valence-corrected chi connectivity index (χ3v) is 1.78. The van der Waals surface area contributed by atoms with Crippen molar-refractivity contribution in [2.45, 2.75) is 45.7 Å². The van der Waals surface area contributed by atoms with Crippen molar-refractivity contribution in [3.8, 4) is 0 Å². The second-order valence-electron chi connectivity index (χ2n) is 3.72. The highest BCUT2D eigenvalue weighted by Gasteiger charge is 2.03. The Labute approximate surface area is 86.2 Å². The topological polar surface area (TPSA) is 64.3 Å². The third-order valence-electron chi connectivity index (χ3n) is 1.78. The van der Waals surface area contributed by atoms with Crippen LogP contribution in [-0.2, 0) is 9.53 Å². The van der Waals surface area contributed by atoms with Crippen LogP contribution >= 0.6 is 0 Å². The number of nitrogens with one attached hydrogen (secondary N) is 1. The van der Waals surface area contributed by atoms with Gasteiger partial charge in [-0.05, 0) is 20.3 Å². The maximum atomic E-state index is 11.1. The minimum Gasteiger partial charge on any atom is -0.379 e. The van der Waals surface area contributed by atoms with Crippen LogP contribution in [0.25, 0.3) is 0 Å². The summed E-state index contributed by atoms with van der Waals surface area (Å²) in [5, 5.41) is 2.79. The van der Waals surface area contributed by atoms with Crippen LogP contribution in [0.1, 0.15) is 33.6 Å². The molecule has 1 atom stereocenters. The van der Waals surface area contributed by atoms with E-state index in [1.807, 2.05) is 20.8 Å². The summed E-state index contributed by atoms with van der Waals surface area (Å²) in [6.07, 6.45) is 1.31. The first-order valence-electron chi connectivity index (χ1n) is 5.19. The Balaban J connectivity index is 3.31. The SMILES string of the molecule is CCC(N)COCCC(=O)NC(C)C. The first-order chi connectivity index (χ1) is 6.56. The molecule has 0 aliphatic rings. The maximum absolute atomic E-state index is 11.1. The van der Waals surface area contributed by atoms with E-state index in [0.29, 0.717) is 19.6 Å². The van der Waals surface area contributed by atoms with Gasteiger partial charge in [-0.1, -0.05) is 6.92 Å². The zero-order valence-corrected chi connectivity index (χ0v) is 9.38. The monoisotopic (exact) mass is 202 g/mol. The molecule has 0 aliphatic carbocycles. The minimum absolute atomic E-state index is 0.0325. The molecule has 0 aromatic rings. The number of carbonyl (C=O) groups excluding carboxylic acids is 1. The number of amides is 1. The molecule has 84 valence electrons. The lowest BCUT2D eigenvalue weighted by Crippen LogP contribution is -2.31. The van der Waals surface area contributed by atoms with Crippen molar-refractivity contribution >= 4 is 5.91 Å². The van der Waals surface area contributed by atoms with Crippen LogP contribution in [0.3, 0.4) is 0 Å². The number of hydrogen-bond acceptors (Lipinski definition) is 3. The van der Waals surface area contributed by atoms with Gasteiger partial charge in [-0.25, -0.2) is 0 Å². The van der Waals surface area contributed by atoms with Crippen molar-refractivity contribution in [3.63, 3.8) is 0 Å². The number of ether oxygens (including phenoxy) is 1. The van der Waals surface area contributed by atoms with E-state index in [9.17, 15) is 4.79 Å². The molecule has 4 heteroatoms. The molecule has 0 aliphatic heterocycles. The third kappa shape index (κ3) is 8.01. The van der Waals surface area contributed by atoms with Gasteiger partial charge in [0, 0.05) is 18.5 Å². The largest absolute Gasteiger partial charge is 0.379 e. The molecule has 0 saturated carbocycles. The standard InChI is InChI=1S/C10H22N2O2/c1-4-9(11)7-14-6-5-10(13)12-8(2)3/h8-9H,4-7,11H2,1-3H3,(H,12,13). The van der Waals surface area contributed by atoms with Gasteiger partial charge in [-0.15, -0.1) is 0 Å². The second-order valence-corrected chi connectivity index (χ2v) is 3.72. The van der Waals surface area contributed by atoms with E-state index in [-0.39, 0.29) is 18.0 Å². The molecule has 0 fully saturated rings. The highest BCUT2D eigenvalue weighted by molar-refractivity contribution is 5.76. The van der Waals surface area contributed by atoms with Crippen LogP contribution in [0.5, 0.6) is 0 Å². The fourth-order valence-corrected chi connectivity index (χ4v) is 0.912. The number of carbonyl (C=O) groups is 1. The van der Waals surface area contributed by atoms with E-state index in [4.69, 9.17) is 10.5 Å². The van der Waals surface area contributed by atoms with Crippen molar-refractivity contribution in [2.75, 3.05) is 13.2 Å². The summed E-state index contributed by atoms with van der Waals surface area (Å²) in [5.74, 6) is 0.0325. The molecule has 0 radical (unpaired) electrons. The van der Waals surface area contributed by atoms with E-state index >= 15 is 0 Å². The van der Waals surface area contributed by atoms with E-state index in [1.54, 1.807) is 0 Å². The molecule has 0 heterocycles. The molecule has 1 unspecified atom stereocenters. The van der Waals surface area contributed by atoms with Gasteiger partial charge >= 0.3 is 0 Å². The molecule has 14 heavy (non-hydrogen) atoms. The summed E-state index contributed by atoms with van der Waals surface area (Å²) >= 11 is 0. The summed E-state index contributed by atoms with van der Waals surface area (Å²) in [4.78, 5) is 11.1. The Morgan fingerprint density at radius 2 is 2.14 bits per heavy atom. The number of nitrogens with two attached hydrogens (primary N) is 1. The predicted molar refractivity (Wildman–Crippen MR) is 57.0 cm³/mol. The molecular formula is C10H22N2O2. The Kier molecular flexibility index (Phi) is 7.42. The van der Waals surface area contributed by atoms with Crippen molar-refractivity contribution < 1.29 is 9.53 Å².